The Morgan fingerprint density at radius 2 is 1.96 bits per heavy atom. The lowest BCUT2D eigenvalue weighted by Crippen LogP contribution is -2.52. The molecule has 1 aromatic carbocycles. The molecule has 1 saturated carbocycles. The molecule has 7 nitrogen and oxygen atoms in total. The van der Waals surface area contributed by atoms with E-state index in [9.17, 15) is 19.1 Å². The average molecular weight is 379 g/mol. The summed E-state index contributed by atoms with van der Waals surface area (Å²) >= 11 is 0. The maximum Gasteiger partial charge on any atom is 0.319 e. The van der Waals surface area contributed by atoms with E-state index >= 15 is 0 Å². The van der Waals surface area contributed by atoms with Crippen LogP contribution in [0.15, 0.2) is 24.3 Å². The molecule has 0 unspecified atom stereocenters. The van der Waals surface area contributed by atoms with Crippen LogP contribution in [-0.2, 0) is 9.53 Å². The molecule has 1 aromatic rings. The fourth-order valence-electron chi connectivity index (χ4n) is 3.24. The van der Waals surface area contributed by atoms with Crippen LogP contribution in [0, 0.1) is 11.7 Å². The van der Waals surface area contributed by atoms with E-state index in [4.69, 9.17) is 4.74 Å². The van der Waals surface area contributed by atoms with Crippen LogP contribution < -0.4 is 16.0 Å². The van der Waals surface area contributed by atoms with Crippen molar-refractivity contribution in [2.45, 2.75) is 50.4 Å². The van der Waals surface area contributed by atoms with E-state index in [2.05, 4.69) is 16.0 Å². The average Bonchev–Trinajstić information content (AvgIpc) is 3.50. The van der Waals surface area contributed by atoms with Crippen LogP contribution in [-0.4, -0.2) is 48.4 Å². The number of aliphatic hydroxyl groups excluding tert-OH is 1. The Hall–Kier alpha value is -2.19. The molecule has 1 aliphatic heterocycles. The number of para-hydroxylation sites is 1. The van der Waals surface area contributed by atoms with Gasteiger partial charge in [-0.05, 0) is 44.2 Å². The van der Waals surface area contributed by atoms with Gasteiger partial charge in [-0.3, -0.25) is 4.79 Å². The number of ether oxygens (including phenoxy) is 1. The number of anilines is 1. The summed E-state index contributed by atoms with van der Waals surface area (Å²) in [6.07, 6.45) is 3.35. The molecule has 3 rings (SSSR count). The first-order chi connectivity index (χ1) is 13.1. The molecule has 2 fully saturated rings. The van der Waals surface area contributed by atoms with Crippen LogP contribution in [0.25, 0.3) is 0 Å². The van der Waals surface area contributed by atoms with Crippen molar-refractivity contribution in [1.82, 2.24) is 10.6 Å². The predicted octanol–water partition coefficient (Wildman–Crippen LogP) is 1.77. The van der Waals surface area contributed by atoms with Gasteiger partial charge < -0.3 is 25.8 Å². The Kier molecular flexibility index (Phi) is 6.63. The number of hydrogen-bond acceptors (Lipinski definition) is 4. The highest BCUT2D eigenvalue weighted by molar-refractivity contribution is 5.89. The van der Waals surface area contributed by atoms with Gasteiger partial charge in [0.05, 0.1) is 24.4 Å². The zero-order valence-corrected chi connectivity index (χ0v) is 15.1. The molecule has 148 valence electrons. The molecular formula is C19H26FN3O4. The normalized spacial score (nSPS) is 24.9. The highest BCUT2D eigenvalue weighted by Crippen LogP contribution is 2.29. The summed E-state index contributed by atoms with van der Waals surface area (Å²) in [4.78, 5) is 23.8. The molecule has 0 spiro atoms. The van der Waals surface area contributed by atoms with Gasteiger partial charge in [0.1, 0.15) is 11.9 Å². The van der Waals surface area contributed by atoms with Gasteiger partial charge in [0, 0.05) is 12.5 Å². The molecule has 3 amide bonds. The smallest absolute Gasteiger partial charge is 0.319 e. The lowest BCUT2D eigenvalue weighted by Gasteiger charge is -2.36. The van der Waals surface area contributed by atoms with Gasteiger partial charge in [0.15, 0.2) is 0 Å². The van der Waals surface area contributed by atoms with E-state index in [0.717, 1.165) is 12.8 Å². The Balaban J connectivity index is 1.43. The molecule has 3 atom stereocenters. The monoisotopic (exact) mass is 379 g/mol. The molecule has 2 aliphatic rings. The van der Waals surface area contributed by atoms with Crippen LogP contribution in [0.2, 0.25) is 0 Å². The number of hydrogen-bond donors (Lipinski definition) is 4. The van der Waals surface area contributed by atoms with E-state index in [0.29, 0.717) is 25.8 Å². The molecule has 4 N–H and O–H groups in total. The van der Waals surface area contributed by atoms with Gasteiger partial charge in [-0.15, -0.1) is 0 Å². The summed E-state index contributed by atoms with van der Waals surface area (Å²) in [6.45, 7) is 0.319. The second kappa shape index (κ2) is 9.14. The molecule has 0 aromatic heterocycles. The zero-order valence-electron chi connectivity index (χ0n) is 15.1. The Bertz CT molecular complexity index is 668. The van der Waals surface area contributed by atoms with Crippen molar-refractivity contribution < 1.29 is 23.8 Å². The predicted molar refractivity (Wildman–Crippen MR) is 97.7 cm³/mol. The van der Waals surface area contributed by atoms with Gasteiger partial charge in [0.25, 0.3) is 0 Å². The molecule has 8 heteroatoms. The highest BCUT2D eigenvalue weighted by Gasteiger charge is 2.33. The van der Waals surface area contributed by atoms with Crippen molar-refractivity contribution in [3.8, 4) is 0 Å². The third-order valence-corrected chi connectivity index (χ3v) is 4.95. The van der Waals surface area contributed by atoms with Crippen molar-refractivity contribution in [2.24, 2.45) is 5.92 Å². The summed E-state index contributed by atoms with van der Waals surface area (Å²) in [7, 11) is 0. The van der Waals surface area contributed by atoms with Gasteiger partial charge in [-0.1, -0.05) is 12.1 Å². The number of nitrogens with one attached hydrogen (secondary N) is 3. The van der Waals surface area contributed by atoms with Crippen LogP contribution in [0.5, 0.6) is 0 Å². The summed E-state index contributed by atoms with van der Waals surface area (Å²) < 4.78 is 19.5. The summed E-state index contributed by atoms with van der Waals surface area (Å²) in [5.74, 6) is -0.225. The van der Waals surface area contributed by atoms with Gasteiger partial charge >= 0.3 is 6.03 Å². The standard InChI is InChI=1S/C19H26FN3O4/c20-14-3-1-2-4-15(14)22-19(26)23-16-8-7-13(27-17(16)11-24)9-10-21-18(25)12-5-6-12/h1-4,12-13,16-17,24H,5-11H2,(H,21,25)(H2,22,23,26)/t13-,16-,17-/m0/s1. The van der Waals surface area contributed by atoms with Crippen LogP contribution in [0.3, 0.4) is 0 Å². The number of aliphatic hydroxyl groups is 1. The van der Waals surface area contributed by atoms with Crippen molar-refractivity contribution in [2.75, 3.05) is 18.5 Å². The third kappa shape index (κ3) is 5.64. The van der Waals surface area contributed by atoms with E-state index in [-0.39, 0.29) is 36.3 Å². The van der Waals surface area contributed by atoms with Crippen LogP contribution in [0.1, 0.15) is 32.1 Å². The largest absolute Gasteiger partial charge is 0.394 e. The van der Waals surface area contributed by atoms with Gasteiger partial charge in [-0.25, -0.2) is 9.18 Å². The Morgan fingerprint density at radius 3 is 2.67 bits per heavy atom. The Labute approximate surface area is 157 Å². The number of urea groups is 1. The first kappa shape index (κ1) is 19.6. The third-order valence-electron chi connectivity index (χ3n) is 4.95. The van der Waals surface area contributed by atoms with Crippen LogP contribution in [0.4, 0.5) is 14.9 Å². The van der Waals surface area contributed by atoms with Crippen molar-refractivity contribution in [3.63, 3.8) is 0 Å². The minimum Gasteiger partial charge on any atom is -0.394 e. The lowest BCUT2D eigenvalue weighted by atomic mass is 9.97. The van der Waals surface area contributed by atoms with E-state index < -0.39 is 18.0 Å². The lowest BCUT2D eigenvalue weighted by molar-refractivity contribution is -0.122. The summed E-state index contributed by atoms with van der Waals surface area (Å²) in [6, 6.07) is 5.01. The number of rotatable bonds is 7. The van der Waals surface area contributed by atoms with Gasteiger partial charge in [0.2, 0.25) is 5.91 Å². The fourth-order valence-corrected chi connectivity index (χ4v) is 3.24. The van der Waals surface area contributed by atoms with E-state index in [1.807, 2.05) is 0 Å². The van der Waals surface area contributed by atoms with E-state index in [1.54, 1.807) is 12.1 Å². The maximum absolute atomic E-state index is 13.6. The number of carbonyl (C=O) groups is 2. The van der Waals surface area contributed by atoms with Crippen molar-refractivity contribution >= 4 is 17.6 Å². The molecule has 0 bridgehead atoms. The zero-order chi connectivity index (χ0) is 19.2. The van der Waals surface area contributed by atoms with Crippen molar-refractivity contribution in [3.05, 3.63) is 30.1 Å². The second-order valence-electron chi connectivity index (χ2n) is 7.10. The second-order valence-corrected chi connectivity index (χ2v) is 7.10. The quantitative estimate of drug-likeness (QED) is 0.580. The summed E-state index contributed by atoms with van der Waals surface area (Å²) in [5.41, 5.74) is 0.0940. The SMILES string of the molecule is O=C(Nc1ccccc1F)N[C@H]1CC[C@@H](CCNC(=O)C2CC2)O[C@H]1CO. The maximum atomic E-state index is 13.6. The van der Waals surface area contributed by atoms with Crippen LogP contribution >= 0.6 is 0 Å². The van der Waals surface area contributed by atoms with Gasteiger partial charge in [-0.2, -0.15) is 0 Å². The van der Waals surface area contributed by atoms with E-state index in [1.165, 1.54) is 12.1 Å². The molecule has 0 radical (unpaired) electrons. The Morgan fingerprint density at radius 1 is 1.19 bits per heavy atom. The molecule has 1 aliphatic carbocycles. The summed E-state index contributed by atoms with van der Waals surface area (Å²) in [5, 5.41) is 17.7. The minimum absolute atomic E-state index is 0.0747. The molecule has 1 saturated heterocycles. The molecule has 27 heavy (non-hydrogen) atoms. The van der Waals surface area contributed by atoms with Crippen molar-refractivity contribution in [1.29, 1.82) is 0 Å². The molecular weight excluding hydrogens is 353 g/mol. The number of carbonyl (C=O) groups excluding carboxylic acids is 2. The topological polar surface area (TPSA) is 99.7 Å². The first-order valence-electron chi connectivity index (χ1n) is 9.43. The minimum atomic E-state index is -0.540. The number of benzene rings is 1. The number of halogens is 1. The highest BCUT2D eigenvalue weighted by atomic mass is 19.1. The molecule has 1 heterocycles. The number of amides is 3. The fraction of sp³-hybridized carbons (Fsp3) is 0.579. The first-order valence-corrected chi connectivity index (χ1v) is 9.43.